The first-order chi connectivity index (χ1) is 8.36. The fraction of sp³-hybridized carbons (Fsp3) is 0.143. The fourth-order valence-electron chi connectivity index (χ4n) is 1.29. The Bertz CT molecular complexity index is 352. The highest BCUT2D eigenvalue weighted by Gasteiger charge is 1.95. The van der Waals surface area contributed by atoms with Gasteiger partial charge in [-0.05, 0) is 0 Å². The van der Waals surface area contributed by atoms with Crippen LogP contribution in [0.15, 0.2) is 60.7 Å². The summed E-state index contributed by atoms with van der Waals surface area (Å²) >= 11 is 0. The summed E-state index contributed by atoms with van der Waals surface area (Å²) in [6, 6.07) is 20.7. The van der Waals surface area contributed by atoms with Crippen LogP contribution in [-0.2, 0) is 0 Å². The molecule has 2 aromatic rings. The zero-order valence-corrected chi connectivity index (χ0v) is 9.79. The van der Waals surface area contributed by atoms with Gasteiger partial charge in [-0.25, -0.2) is 0 Å². The number of hydrogen-bond donors (Lipinski definition) is 2. The maximum absolute atomic E-state index is 7.75. The zero-order valence-electron chi connectivity index (χ0n) is 9.79. The van der Waals surface area contributed by atoms with Gasteiger partial charge in [0.05, 0.1) is 6.61 Å². The Morgan fingerprint density at radius 1 is 0.824 bits per heavy atom. The van der Waals surface area contributed by atoms with Crippen molar-refractivity contribution < 1.29 is 5.11 Å². The molecule has 0 fully saturated rings. The van der Waals surface area contributed by atoms with E-state index >= 15 is 0 Å². The van der Waals surface area contributed by atoms with Gasteiger partial charge in [-0.15, -0.1) is 0 Å². The van der Waals surface area contributed by atoms with Gasteiger partial charge in [0.1, 0.15) is 0 Å². The van der Waals surface area contributed by atoms with Crippen molar-refractivity contribution in [2.45, 2.75) is 0 Å². The van der Waals surface area contributed by atoms with Crippen LogP contribution in [0, 0.1) is 0 Å². The minimum atomic E-state index is 0.0972. The second kappa shape index (κ2) is 8.56. The summed E-state index contributed by atoms with van der Waals surface area (Å²) < 4.78 is 0. The summed E-state index contributed by atoms with van der Waals surface area (Å²) in [5, 5.41) is 7.75. The fourth-order valence-corrected chi connectivity index (χ4v) is 1.29. The highest BCUT2D eigenvalue weighted by Crippen LogP contribution is 1.84. The number of aliphatic hydroxyl groups is 1. The lowest BCUT2D eigenvalue weighted by atomic mass is 9.64. The summed E-state index contributed by atoms with van der Waals surface area (Å²) in [6.45, 7) is 0.472. The third-order valence-electron chi connectivity index (χ3n) is 2.06. The third-order valence-corrected chi connectivity index (χ3v) is 2.06. The molecule has 3 N–H and O–H groups in total. The molecule has 2 rings (SSSR count). The van der Waals surface area contributed by atoms with E-state index in [9.17, 15) is 0 Å². The van der Waals surface area contributed by atoms with Crippen LogP contribution < -0.4 is 16.7 Å². The van der Waals surface area contributed by atoms with Gasteiger partial charge in [0.2, 0.25) is 0 Å². The SMILES string of the molecule is NCCO.[B](c1ccccc1)c1ccccc1. The van der Waals surface area contributed by atoms with Crippen LogP contribution >= 0.6 is 0 Å². The van der Waals surface area contributed by atoms with E-state index < -0.39 is 0 Å². The Kier molecular flexibility index (Phi) is 6.79. The summed E-state index contributed by atoms with van der Waals surface area (Å²) in [5.41, 5.74) is 7.27. The van der Waals surface area contributed by atoms with Crippen LogP contribution in [0.3, 0.4) is 0 Å². The smallest absolute Gasteiger partial charge is 0.191 e. The molecular weight excluding hydrogens is 209 g/mol. The van der Waals surface area contributed by atoms with E-state index in [4.69, 9.17) is 10.8 Å². The van der Waals surface area contributed by atoms with Gasteiger partial charge in [0.15, 0.2) is 7.28 Å². The van der Waals surface area contributed by atoms with E-state index in [-0.39, 0.29) is 6.61 Å². The molecule has 0 aliphatic rings. The third kappa shape index (κ3) is 5.90. The Morgan fingerprint density at radius 3 is 1.47 bits per heavy atom. The molecule has 17 heavy (non-hydrogen) atoms. The molecule has 0 spiro atoms. The second-order valence-electron chi connectivity index (χ2n) is 3.48. The molecule has 87 valence electrons. The molecule has 0 saturated heterocycles. The first kappa shape index (κ1) is 13.5. The van der Waals surface area contributed by atoms with Gasteiger partial charge in [0, 0.05) is 6.54 Å². The highest BCUT2D eigenvalue weighted by molar-refractivity contribution is 6.67. The Hall–Kier alpha value is -1.58. The summed E-state index contributed by atoms with van der Waals surface area (Å²) in [7, 11) is 2.17. The van der Waals surface area contributed by atoms with Crippen molar-refractivity contribution in [3.05, 3.63) is 60.7 Å². The van der Waals surface area contributed by atoms with E-state index in [1.54, 1.807) is 0 Å². The molecule has 0 bridgehead atoms. The van der Waals surface area contributed by atoms with Gasteiger partial charge >= 0.3 is 0 Å². The van der Waals surface area contributed by atoms with Crippen LogP contribution in [0.2, 0.25) is 0 Å². The quantitative estimate of drug-likeness (QED) is 0.738. The lowest BCUT2D eigenvalue weighted by Crippen LogP contribution is -2.26. The van der Waals surface area contributed by atoms with Crippen molar-refractivity contribution in [1.82, 2.24) is 0 Å². The Labute approximate surface area is 103 Å². The lowest BCUT2D eigenvalue weighted by molar-refractivity contribution is 0.306. The number of benzene rings is 2. The predicted molar refractivity (Wildman–Crippen MR) is 74.0 cm³/mol. The van der Waals surface area contributed by atoms with E-state index in [2.05, 4.69) is 55.8 Å². The normalized spacial score (nSPS) is 9.06. The highest BCUT2D eigenvalue weighted by atomic mass is 16.3. The molecule has 0 atom stereocenters. The minimum absolute atomic E-state index is 0.0972. The van der Waals surface area contributed by atoms with Gasteiger partial charge in [-0.2, -0.15) is 0 Å². The summed E-state index contributed by atoms with van der Waals surface area (Å²) in [5.74, 6) is 0. The lowest BCUT2D eigenvalue weighted by Gasteiger charge is -1.98. The maximum atomic E-state index is 7.75. The molecule has 0 amide bonds. The van der Waals surface area contributed by atoms with Crippen LogP contribution in [0.1, 0.15) is 0 Å². The second-order valence-corrected chi connectivity index (χ2v) is 3.48. The largest absolute Gasteiger partial charge is 0.395 e. The Morgan fingerprint density at radius 2 is 1.18 bits per heavy atom. The molecular formula is C14H17BNO. The van der Waals surface area contributed by atoms with Gasteiger partial charge in [-0.1, -0.05) is 71.6 Å². The van der Waals surface area contributed by atoms with Crippen LogP contribution in [-0.4, -0.2) is 25.5 Å². The molecule has 2 aromatic carbocycles. The molecule has 1 radical (unpaired) electrons. The van der Waals surface area contributed by atoms with Crippen LogP contribution in [0.25, 0.3) is 0 Å². The Balaban J connectivity index is 0.000000317. The first-order valence-electron chi connectivity index (χ1n) is 5.62. The van der Waals surface area contributed by atoms with Crippen molar-refractivity contribution in [1.29, 1.82) is 0 Å². The molecule has 3 heteroatoms. The van der Waals surface area contributed by atoms with Gasteiger partial charge in [-0.3, -0.25) is 0 Å². The number of hydrogen-bond acceptors (Lipinski definition) is 2. The number of rotatable bonds is 3. The molecule has 0 saturated carbocycles. The number of nitrogens with two attached hydrogens (primary N) is 1. The van der Waals surface area contributed by atoms with Crippen molar-refractivity contribution in [2.24, 2.45) is 5.73 Å². The van der Waals surface area contributed by atoms with Crippen LogP contribution in [0.4, 0.5) is 0 Å². The topological polar surface area (TPSA) is 46.2 Å². The van der Waals surface area contributed by atoms with Crippen molar-refractivity contribution in [2.75, 3.05) is 13.2 Å². The standard InChI is InChI=1S/C12H10B.C2H7NO/c1-3-7-11(8-4-1)13-12-9-5-2-6-10-12;3-1-2-4/h1-10H;4H,1-3H2. The van der Waals surface area contributed by atoms with Crippen molar-refractivity contribution >= 4 is 18.2 Å². The minimum Gasteiger partial charge on any atom is -0.395 e. The average Bonchev–Trinajstić information content (AvgIpc) is 2.41. The molecule has 0 heterocycles. The van der Waals surface area contributed by atoms with E-state index in [0.717, 1.165) is 0 Å². The van der Waals surface area contributed by atoms with Gasteiger partial charge < -0.3 is 10.8 Å². The predicted octanol–water partition coefficient (Wildman–Crippen LogP) is 0.279. The molecule has 0 aromatic heterocycles. The first-order valence-corrected chi connectivity index (χ1v) is 5.62. The molecule has 0 unspecified atom stereocenters. The zero-order chi connectivity index (χ0) is 12.3. The van der Waals surface area contributed by atoms with Crippen molar-refractivity contribution in [3.8, 4) is 0 Å². The van der Waals surface area contributed by atoms with E-state index in [1.165, 1.54) is 10.9 Å². The van der Waals surface area contributed by atoms with E-state index in [1.807, 2.05) is 12.1 Å². The monoisotopic (exact) mass is 226 g/mol. The molecule has 2 nitrogen and oxygen atoms in total. The van der Waals surface area contributed by atoms with Crippen LogP contribution in [0.5, 0.6) is 0 Å². The van der Waals surface area contributed by atoms with E-state index in [0.29, 0.717) is 6.54 Å². The number of aliphatic hydroxyl groups excluding tert-OH is 1. The molecule has 0 aliphatic heterocycles. The van der Waals surface area contributed by atoms with Crippen molar-refractivity contribution in [3.63, 3.8) is 0 Å². The average molecular weight is 226 g/mol. The molecule has 0 aliphatic carbocycles. The van der Waals surface area contributed by atoms with Gasteiger partial charge in [0.25, 0.3) is 0 Å². The summed E-state index contributed by atoms with van der Waals surface area (Å²) in [6.07, 6.45) is 0. The summed E-state index contributed by atoms with van der Waals surface area (Å²) in [4.78, 5) is 0. The maximum Gasteiger partial charge on any atom is 0.191 e.